The molecule has 22 heteroatoms. The zero-order valence-electron chi connectivity index (χ0n) is 55.6. The van der Waals surface area contributed by atoms with Gasteiger partial charge in [0, 0.05) is 53.5 Å². The second kappa shape index (κ2) is 34.4. The van der Waals surface area contributed by atoms with E-state index in [1.54, 1.807) is 60.6 Å². The minimum absolute atomic E-state index is 0.0445. The van der Waals surface area contributed by atoms with Gasteiger partial charge in [-0.2, -0.15) is 0 Å². The highest BCUT2D eigenvalue weighted by Crippen LogP contribution is 2.27. The Balaban J connectivity index is 1.61. The average Bonchev–Trinajstić information content (AvgIpc) is 1.41. The van der Waals surface area contributed by atoms with Gasteiger partial charge < -0.3 is 60.1 Å². The maximum Gasteiger partial charge on any atom is 0.408 e. The number of carboxylic acids is 1. The van der Waals surface area contributed by atoms with Crippen LogP contribution >= 0.6 is 0 Å². The number of hydrogen-bond acceptors (Lipinski definition) is 13. The van der Waals surface area contributed by atoms with Gasteiger partial charge >= 0.3 is 18.0 Å². The van der Waals surface area contributed by atoms with Crippen LogP contribution in [0, 0.1) is 29.6 Å². The van der Waals surface area contributed by atoms with E-state index in [9.17, 15) is 48.6 Å². The van der Waals surface area contributed by atoms with Gasteiger partial charge in [0.25, 0.3) is 5.91 Å². The van der Waals surface area contributed by atoms with E-state index in [0.717, 1.165) is 26.5 Å². The Kier molecular flexibility index (Phi) is 28.5. The molecule has 11 atom stereocenters. The molecule has 1 aliphatic rings. The first kappa shape index (κ1) is 74.6. The summed E-state index contributed by atoms with van der Waals surface area (Å²) in [5.74, 6) is -9.45. The van der Waals surface area contributed by atoms with Gasteiger partial charge in [0.05, 0.1) is 5.60 Å². The second-order valence-corrected chi connectivity index (χ2v) is 25.7. The number of esters is 1. The van der Waals surface area contributed by atoms with Crippen molar-refractivity contribution in [2.75, 3.05) is 34.7 Å². The van der Waals surface area contributed by atoms with Crippen LogP contribution < -0.4 is 16.0 Å². The highest BCUT2D eigenvalue weighted by Gasteiger charge is 2.47. The molecule has 3 aromatic rings. The normalized spacial score (nSPS) is 16.6. The number of benzene rings is 3. The first-order valence-corrected chi connectivity index (χ1v) is 31.5. The largest absolute Gasteiger partial charge is 0.480 e. The number of rotatable bonds is 32. The number of amides is 8. The third-order valence-electron chi connectivity index (χ3n) is 17.0. The summed E-state index contributed by atoms with van der Waals surface area (Å²) < 4.78 is 11.4. The van der Waals surface area contributed by atoms with E-state index in [0.29, 0.717) is 19.3 Å². The van der Waals surface area contributed by atoms with E-state index in [2.05, 4.69) is 16.0 Å². The summed E-state index contributed by atoms with van der Waals surface area (Å²) in [5.41, 5.74) is 0.232. The molecule has 0 saturated carbocycles. The second-order valence-electron chi connectivity index (χ2n) is 25.7. The number of aliphatic carboxylic acids is 1. The van der Waals surface area contributed by atoms with Crippen molar-refractivity contribution in [3.05, 3.63) is 108 Å². The number of likely N-dealkylation sites (N-methyl/N-ethyl adjacent to an activating group) is 4. The van der Waals surface area contributed by atoms with Crippen LogP contribution in [-0.2, 0) is 72.1 Å². The lowest BCUT2D eigenvalue weighted by Gasteiger charge is -2.39. The fraction of sp³-hybridized carbons (Fsp3) is 0.588. The molecular formula is C68H100N8O14. The zero-order chi connectivity index (χ0) is 67.5. The van der Waals surface area contributed by atoms with E-state index in [1.165, 1.54) is 56.7 Å². The molecule has 90 heavy (non-hydrogen) atoms. The van der Waals surface area contributed by atoms with Crippen LogP contribution in [0.25, 0.3) is 0 Å². The molecule has 0 aromatic heterocycles. The first-order chi connectivity index (χ1) is 42.3. The third-order valence-corrected chi connectivity index (χ3v) is 17.0. The van der Waals surface area contributed by atoms with Gasteiger partial charge in [-0.3, -0.25) is 33.6 Å². The highest BCUT2D eigenvalue weighted by molar-refractivity contribution is 5.98. The lowest BCUT2D eigenvalue weighted by molar-refractivity contribution is -0.178. The standard InChI is InChI=1S/C68H100N8O14/c1-17-44(9)53(63(82)73(14)54(42(5)6)59(78)69-49(37-41(3)4)61(80)75(16)57(68(11,12)88)66(86)90-56(45(10)18-2)64(83)74(15)55(43(7)8)65(84)85)71-58(77)51-35-28-36-76(51)62(81)52(39-47-31-24-20-25-32-47)72(13)60(79)50(38-46-29-22-19-23-30-46)70-67(87)89-40-48-33-26-21-27-34-48/h19-27,29-34,41-45,49-57,88H,17-18,28,35-40H2,1-16H3,(H,69,78)(H,70,87)(H,71,77)(H,84,85)/t44-,45?,49+,50+,51+,52+,53+,54+,55+,56-,57-/m1/s1. The smallest absolute Gasteiger partial charge is 0.408 e. The number of carbonyl (C=O) groups is 10. The van der Waals surface area contributed by atoms with Gasteiger partial charge in [0.1, 0.15) is 48.9 Å². The van der Waals surface area contributed by atoms with Gasteiger partial charge in [0.15, 0.2) is 12.1 Å². The number of ether oxygens (including phenoxy) is 2. The molecule has 0 radical (unpaired) electrons. The molecule has 1 unspecified atom stereocenters. The number of carbonyl (C=O) groups excluding carboxylic acids is 9. The molecule has 22 nitrogen and oxygen atoms in total. The molecule has 4 rings (SSSR count). The maximum atomic E-state index is 15.2. The fourth-order valence-electron chi connectivity index (χ4n) is 11.6. The summed E-state index contributed by atoms with van der Waals surface area (Å²) in [6.45, 7) is 20.1. The van der Waals surface area contributed by atoms with E-state index in [-0.39, 0.29) is 44.8 Å². The molecule has 5 N–H and O–H groups in total. The van der Waals surface area contributed by atoms with Gasteiger partial charge in [0.2, 0.25) is 35.4 Å². The van der Waals surface area contributed by atoms with Crippen molar-refractivity contribution in [3.63, 3.8) is 0 Å². The summed E-state index contributed by atoms with van der Waals surface area (Å²) in [6.07, 6.45) is -0.737. The molecule has 0 spiro atoms. The molecule has 1 saturated heterocycles. The number of alkyl carbamates (subject to hydrolysis) is 1. The maximum absolute atomic E-state index is 15.2. The molecule has 3 aromatic carbocycles. The Bertz CT molecular complexity index is 2890. The monoisotopic (exact) mass is 1250 g/mol. The molecule has 0 bridgehead atoms. The quantitative estimate of drug-likeness (QED) is 0.0432. The molecular weight excluding hydrogens is 1150 g/mol. The topological polar surface area (TPSA) is 282 Å². The number of likely N-dealkylation sites (tertiary alicyclic amines) is 1. The van der Waals surface area contributed by atoms with Crippen LogP contribution in [0.4, 0.5) is 4.79 Å². The number of carboxylic acid groups (broad SMARTS) is 1. The Morgan fingerprint density at radius 1 is 0.611 bits per heavy atom. The van der Waals surface area contributed by atoms with Gasteiger partial charge in [-0.15, -0.1) is 0 Å². The van der Waals surface area contributed by atoms with Crippen LogP contribution in [0.15, 0.2) is 91.0 Å². The third kappa shape index (κ3) is 20.3. The summed E-state index contributed by atoms with van der Waals surface area (Å²) in [5, 5.41) is 30.1. The van der Waals surface area contributed by atoms with E-state index in [1.807, 2.05) is 99.6 Å². The lowest BCUT2D eigenvalue weighted by atomic mass is 9.93. The van der Waals surface area contributed by atoms with Crippen molar-refractivity contribution in [3.8, 4) is 0 Å². The van der Waals surface area contributed by atoms with Crippen LogP contribution in [0.1, 0.15) is 132 Å². The Morgan fingerprint density at radius 2 is 1.11 bits per heavy atom. The average molecular weight is 1250 g/mol. The van der Waals surface area contributed by atoms with Crippen molar-refractivity contribution in [2.24, 2.45) is 29.6 Å². The van der Waals surface area contributed by atoms with Crippen LogP contribution in [0.5, 0.6) is 0 Å². The van der Waals surface area contributed by atoms with Crippen molar-refractivity contribution < 1.29 is 67.6 Å². The minimum atomic E-state index is -1.99. The van der Waals surface area contributed by atoms with Crippen molar-refractivity contribution in [1.82, 2.24) is 40.4 Å². The van der Waals surface area contributed by atoms with Gasteiger partial charge in [-0.25, -0.2) is 14.4 Å². The van der Waals surface area contributed by atoms with Crippen LogP contribution in [-0.4, -0.2) is 189 Å². The number of aliphatic hydroxyl groups is 1. The summed E-state index contributed by atoms with van der Waals surface area (Å²) in [7, 11) is 5.50. The highest BCUT2D eigenvalue weighted by atomic mass is 16.6. The fourth-order valence-corrected chi connectivity index (χ4v) is 11.6. The SMILES string of the molecule is CCC(C)[C@@H](OC(=O)[C@@H](N(C)C(=O)[C@H](CC(C)C)NC(=O)[C@H](C(C)C)N(C)C(=O)[C@@H](NC(=O)[C@@H]1CCCN1C(=O)[C@H](Cc1ccccc1)N(C)C(=O)[C@H](Cc1ccccc1)NC(=O)OCc1ccccc1)[C@H](C)CC)C(C)(C)O)C(=O)N(C)[C@H](C(=O)O)C(C)C. The first-order valence-electron chi connectivity index (χ1n) is 31.5. The Labute approximate surface area is 532 Å². The summed E-state index contributed by atoms with van der Waals surface area (Å²) in [6, 6.07) is 17.1. The number of hydrogen-bond donors (Lipinski definition) is 5. The van der Waals surface area contributed by atoms with E-state index in [4.69, 9.17) is 9.47 Å². The Hall–Kier alpha value is -7.88. The molecule has 8 amide bonds. The summed E-state index contributed by atoms with van der Waals surface area (Å²) in [4.78, 5) is 149. The Morgan fingerprint density at radius 3 is 1.60 bits per heavy atom. The molecule has 0 aliphatic carbocycles. The summed E-state index contributed by atoms with van der Waals surface area (Å²) >= 11 is 0. The number of nitrogens with one attached hydrogen (secondary N) is 3. The minimum Gasteiger partial charge on any atom is -0.480 e. The van der Waals surface area contributed by atoms with E-state index >= 15 is 9.59 Å². The molecule has 496 valence electrons. The van der Waals surface area contributed by atoms with Crippen molar-refractivity contribution in [2.45, 2.75) is 195 Å². The molecule has 1 fully saturated rings. The van der Waals surface area contributed by atoms with Crippen LogP contribution in [0.2, 0.25) is 0 Å². The molecule has 1 aliphatic heterocycles. The number of nitrogens with zero attached hydrogens (tertiary/aromatic N) is 5. The lowest BCUT2D eigenvalue weighted by Crippen LogP contribution is -2.63. The van der Waals surface area contributed by atoms with Crippen molar-refractivity contribution in [1.29, 1.82) is 0 Å². The predicted molar refractivity (Wildman–Crippen MR) is 341 cm³/mol. The van der Waals surface area contributed by atoms with Crippen LogP contribution in [0.3, 0.4) is 0 Å². The zero-order valence-corrected chi connectivity index (χ0v) is 55.6. The predicted octanol–water partition coefficient (Wildman–Crippen LogP) is 6.25. The van der Waals surface area contributed by atoms with Gasteiger partial charge in [-0.05, 0) is 79.9 Å². The van der Waals surface area contributed by atoms with Crippen molar-refractivity contribution >= 4 is 59.4 Å². The molecule has 1 heterocycles. The van der Waals surface area contributed by atoms with Gasteiger partial charge in [-0.1, -0.05) is 167 Å². The van der Waals surface area contributed by atoms with E-state index < -0.39 is 143 Å².